The second-order valence-electron chi connectivity index (χ2n) is 7.46. The Balaban J connectivity index is 1.99. The van der Waals surface area contributed by atoms with Crippen LogP contribution in [0.25, 0.3) is 0 Å². The number of hydrogen-bond donors (Lipinski definition) is 1. The second-order valence-corrected chi connectivity index (χ2v) is 7.46. The minimum atomic E-state index is -0.0504. The molecule has 2 aliphatic rings. The van der Waals surface area contributed by atoms with Gasteiger partial charge in [0.2, 0.25) is 0 Å². The van der Waals surface area contributed by atoms with Gasteiger partial charge in [0.15, 0.2) is 0 Å². The number of rotatable bonds is 0. The maximum absolute atomic E-state index is 6.47. The van der Waals surface area contributed by atoms with Crippen molar-refractivity contribution in [2.45, 2.75) is 58.6 Å². The Bertz CT molecular complexity index is 508. The molecule has 2 nitrogen and oxygen atoms in total. The molecule has 0 saturated heterocycles. The van der Waals surface area contributed by atoms with E-state index in [0.717, 1.165) is 18.6 Å². The van der Waals surface area contributed by atoms with Crippen molar-refractivity contribution in [3.8, 4) is 5.75 Å². The van der Waals surface area contributed by atoms with Crippen molar-refractivity contribution in [3.63, 3.8) is 0 Å². The van der Waals surface area contributed by atoms with Gasteiger partial charge in [-0.3, -0.25) is 0 Å². The lowest BCUT2D eigenvalue weighted by molar-refractivity contribution is 0.00180. The third kappa shape index (κ3) is 2.06. The van der Waals surface area contributed by atoms with Crippen LogP contribution >= 0.6 is 0 Å². The van der Waals surface area contributed by atoms with E-state index in [9.17, 15) is 0 Å². The number of fused-ring (bicyclic) bond motifs is 1. The van der Waals surface area contributed by atoms with E-state index in [1.54, 1.807) is 0 Å². The molecular weight excluding hydrogens is 234 g/mol. The van der Waals surface area contributed by atoms with Crippen LogP contribution in [0.1, 0.15) is 57.2 Å². The first-order valence-corrected chi connectivity index (χ1v) is 7.37. The van der Waals surface area contributed by atoms with Gasteiger partial charge in [0.25, 0.3) is 0 Å². The van der Waals surface area contributed by atoms with Crippen molar-refractivity contribution in [3.05, 3.63) is 29.3 Å². The molecule has 1 aromatic rings. The van der Waals surface area contributed by atoms with Crippen molar-refractivity contribution >= 4 is 0 Å². The Morgan fingerprint density at radius 2 is 2.00 bits per heavy atom. The summed E-state index contributed by atoms with van der Waals surface area (Å²) in [7, 11) is 0. The number of hydrogen-bond acceptors (Lipinski definition) is 2. The monoisotopic (exact) mass is 259 g/mol. The zero-order valence-electron chi connectivity index (χ0n) is 12.5. The molecule has 19 heavy (non-hydrogen) atoms. The molecule has 2 N–H and O–H groups in total. The van der Waals surface area contributed by atoms with Crippen LogP contribution in [-0.4, -0.2) is 5.60 Å². The zero-order chi connectivity index (χ0) is 13.8. The fraction of sp³-hybridized carbons (Fsp3) is 0.647. The third-order valence-corrected chi connectivity index (χ3v) is 4.98. The van der Waals surface area contributed by atoms with Crippen LogP contribution in [0, 0.1) is 18.3 Å². The smallest absolute Gasteiger partial charge is 0.124 e. The SMILES string of the molecule is Cc1ccc2c(c1)[C@@H](N)CC1(CC(C)(C)CC1C)O2. The number of benzene rings is 1. The van der Waals surface area contributed by atoms with Gasteiger partial charge in [-0.2, -0.15) is 0 Å². The highest BCUT2D eigenvalue weighted by Crippen LogP contribution is 2.55. The predicted molar refractivity (Wildman–Crippen MR) is 78.3 cm³/mol. The Morgan fingerprint density at radius 3 is 2.63 bits per heavy atom. The molecule has 0 amide bonds. The minimum Gasteiger partial charge on any atom is -0.487 e. The van der Waals surface area contributed by atoms with Gasteiger partial charge in [0.05, 0.1) is 0 Å². The highest BCUT2D eigenvalue weighted by Gasteiger charge is 2.53. The summed E-state index contributed by atoms with van der Waals surface area (Å²) in [5.41, 5.74) is 9.19. The second kappa shape index (κ2) is 3.99. The minimum absolute atomic E-state index is 0.0504. The summed E-state index contributed by atoms with van der Waals surface area (Å²) in [5, 5.41) is 0. The van der Waals surface area contributed by atoms with Crippen molar-refractivity contribution in [1.29, 1.82) is 0 Å². The molecule has 1 saturated carbocycles. The summed E-state index contributed by atoms with van der Waals surface area (Å²) in [6, 6.07) is 6.51. The van der Waals surface area contributed by atoms with E-state index in [1.165, 1.54) is 17.5 Å². The van der Waals surface area contributed by atoms with Gasteiger partial charge >= 0.3 is 0 Å². The zero-order valence-corrected chi connectivity index (χ0v) is 12.5. The van der Waals surface area contributed by atoms with Gasteiger partial charge in [0, 0.05) is 18.0 Å². The fourth-order valence-electron chi connectivity index (χ4n) is 4.27. The van der Waals surface area contributed by atoms with E-state index in [1.807, 2.05) is 0 Å². The molecule has 2 heteroatoms. The predicted octanol–water partition coefficient (Wildman–Crippen LogP) is 3.97. The third-order valence-electron chi connectivity index (χ3n) is 4.98. The summed E-state index contributed by atoms with van der Waals surface area (Å²) >= 11 is 0. The topological polar surface area (TPSA) is 35.2 Å². The highest BCUT2D eigenvalue weighted by atomic mass is 16.5. The molecular formula is C17H25NO. The first-order valence-electron chi connectivity index (χ1n) is 7.37. The van der Waals surface area contributed by atoms with Crippen LogP contribution in [0.15, 0.2) is 18.2 Å². The molecule has 1 spiro atoms. The van der Waals surface area contributed by atoms with Crippen LogP contribution in [0.5, 0.6) is 5.75 Å². The summed E-state index contributed by atoms with van der Waals surface area (Å²) in [6.45, 7) is 9.12. The highest BCUT2D eigenvalue weighted by molar-refractivity contribution is 5.42. The molecule has 104 valence electrons. The number of aryl methyl sites for hydroxylation is 1. The van der Waals surface area contributed by atoms with Crippen molar-refractivity contribution in [1.82, 2.24) is 0 Å². The average molecular weight is 259 g/mol. The first kappa shape index (κ1) is 13.0. The maximum atomic E-state index is 6.47. The van der Waals surface area contributed by atoms with Crippen LogP contribution in [0.2, 0.25) is 0 Å². The normalized spacial score (nSPS) is 36.1. The molecule has 2 unspecified atom stereocenters. The molecule has 1 aliphatic carbocycles. The van der Waals surface area contributed by atoms with Crippen molar-refractivity contribution < 1.29 is 4.74 Å². The summed E-state index contributed by atoms with van der Waals surface area (Å²) in [6.07, 6.45) is 3.29. The Labute approximate surface area is 116 Å². The van der Waals surface area contributed by atoms with Crippen LogP contribution in [-0.2, 0) is 0 Å². The van der Waals surface area contributed by atoms with E-state index in [-0.39, 0.29) is 11.6 Å². The maximum Gasteiger partial charge on any atom is 0.124 e. The van der Waals surface area contributed by atoms with Gasteiger partial charge in [-0.05, 0) is 37.2 Å². The molecule has 0 bridgehead atoms. The molecule has 1 heterocycles. The Kier molecular flexibility index (Phi) is 2.72. The molecule has 1 aliphatic heterocycles. The van der Waals surface area contributed by atoms with E-state index >= 15 is 0 Å². The molecule has 3 rings (SSSR count). The van der Waals surface area contributed by atoms with E-state index in [4.69, 9.17) is 10.5 Å². The molecule has 1 fully saturated rings. The lowest BCUT2D eigenvalue weighted by Crippen LogP contribution is -2.45. The van der Waals surface area contributed by atoms with Crippen LogP contribution in [0.3, 0.4) is 0 Å². The molecule has 1 aromatic carbocycles. The van der Waals surface area contributed by atoms with Gasteiger partial charge in [-0.1, -0.05) is 38.5 Å². The van der Waals surface area contributed by atoms with Crippen molar-refractivity contribution in [2.24, 2.45) is 17.1 Å². The van der Waals surface area contributed by atoms with Crippen LogP contribution in [0.4, 0.5) is 0 Å². The van der Waals surface area contributed by atoms with Crippen molar-refractivity contribution in [2.75, 3.05) is 0 Å². The lowest BCUT2D eigenvalue weighted by atomic mass is 9.80. The summed E-state index contributed by atoms with van der Waals surface area (Å²) in [4.78, 5) is 0. The van der Waals surface area contributed by atoms with E-state index in [2.05, 4.69) is 45.9 Å². The largest absolute Gasteiger partial charge is 0.487 e. The Hall–Kier alpha value is -1.02. The van der Waals surface area contributed by atoms with E-state index in [0.29, 0.717) is 11.3 Å². The number of nitrogens with two attached hydrogens (primary N) is 1. The Morgan fingerprint density at radius 1 is 1.26 bits per heavy atom. The molecule has 0 radical (unpaired) electrons. The quantitative estimate of drug-likeness (QED) is 0.765. The summed E-state index contributed by atoms with van der Waals surface area (Å²) < 4.78 is 6.47. The van der Waals surface area contributed by atoms with Gasteiger partial charge in [-0.15, -0.1) is 0 Å². The molecule has 3 atom stereocenters. The first-order chi connectivity index (χ1) is 8.81. The average Bonchev–Trinajstić information content (AvgIpc) is 2.49. The molecule has 0 aromatic heterocycles. The fourth-order valence-corrected chi connectivity index (χ4v) is 4.27. The van der Waals surface area contributed by atoms with Gasteiger partial charge < -0.3 is 10.5 Å². The van der Waals surface area contributed by atoms with Gasteiger partial charge in [0.1, 0.15) is 11.4 Å². The lowest BCUT2D eigenvalue weighted by Gasteiger charge is -2.42. The van der Waals surface area contributed by atoms with E-state index < -0.39 is 0 Å². The number of ether oxygens (including phenoxy) is 1. The summed E-state index contributed by atoms with van der Waals surface area (Å²) in [5.74, 6) is 1.58. The standard InChI is InChI=1S/C17H25NO/c1-11-5-6-15-13(7-11)14(18)9-17(19-15)10-16(3,4)8-12(17)2/h5-7,12,14H,8-10,18H2,1-4H3/t12?,14-,17?/m0/s1. The van der Waals surface area contributed by atoms with Crippen LogP contribution < -0.4 is 10.5 Å². The van der Waals surface area contributed by atoms with Gasteiger partial charge in [-0.25, -0.2) is 0 Å².